The molecule has 3 aromatic rings. The van der Waals surface area contributed by atoms with E-state index in [1.165, 1.54) is 11.3 Å². The number of allylic oxidation sites excluding steroid dienone is 1. The number of thioether (sulfide) groups is 1. The third-order valence-corrected chi connectivity index (χ3v) is 5.06. The molecule has 0 radical (unpaired) electrons. The molecule has 2 aromatic heterocycles. The predicted octanol–water partition coefficient (Wildman–Crippen LogP) is 4.42. The summed E-state index contributed by atoms with van der Waals surface area (Å²) in [5.74, 6) is 0.881. The lowest BCUT2D eigenvalue weighted by Gasteiger charge is -2.09. The Morgan fingerprint density at radius 1 is 1.36 bits per heavy atom. The van der Waals surface area contributed by atoms with Crippen LogP contribution in [-0.4, -0.2) is 15.3 Å². The van der Waals surface area contributed by atoms with E-state index in [4.69, 9.17) is 0 Å². The standard InChI is InChI=1S/C17H16N2OS2/c1-3-10-19-16(20)14-13(12-8-6-5-7-9-12)11-22-15(14)18-17(19)21-4-2/h3,5-9,11H,1,4,10H2,2H3. The van der Waals surface area contributed by atoms with Gasteiger partial charge in [-0.15, -0.1) is 17.9 Å². The summed E-state index contributed by atoms with van der Waals surface area (Å²) in [5.41, 5.74) is 2.03. The highest BCUT2D eigenvalue weighted by molar-refractivity contribution is 7.99. The zero-order valence-electron chi connectivity index (χ0n) is 12.3. The van der Waals surface area contributed by atoms with E-state index in [0.29, 0.717) is 11.9 Å². The first-order valence-corrected chi connectivity index (χ1v) is 8.94. The maximum Gasteiger partial charge on any atom is 0.263 e. The summed E-state index contributed by atoms with van der Waals surface area (Å²) >= 11 is 3.11. The summed E-state index contributed by atoms with van der Waals surface area (Å²) in [4.78, 5) is 18.4. The SMILES string of the molecule is C=CCn1c(SCC)nc2scc(-c3ccccc3)c2c1=O. The van der Waals surface area contributed by atoms with Crippen molar-refractivity contribution < 1.29 is 0 Å². The average molecular weight is 328 g/mol. The maximum absolute atomic E-state index is 12.9. The molecule has 0 fully saturated rings. The van der Waals surface area contributed by atoms with Gasteiger partial charge in [0.1, 0.15) is 4.83 Å². The van der Waals surface area contributed by atoms with Gasteiger partial charge in [0.2, 0.25) is 0 Å². The van der Waals surface area contributed by atoms with Gasteiger partial charge in [-0.05, 0) is 11.3 Å². The van der Waals surface area contributed by atoms with Gasteiger partial charge in [-0.3, -0.25) is 9.36 Å². The van der Waals surface area contributed by atoms with E-state index in [-0.39, 0.29) is 5.56 Å². The summed E-state index contributed by atoms with van der Waals surface area (Å²) in [7, 11) is 0. The van der Waals surface area contributed by atoms with Crippen molar-refractivity contribution >= 4 is 33.3 Å². The van der Waals surface area contributed by atoms with Crippen LogP contribution < -0.4 is 5.56 Å². The molecule has 0 aliphatic heterocycles. The number of rotatable bonds is 5. The molecule has 22 heavy (non-hydrogen) atoms. The van der Waals surface area contributed by atoms with Crippen molar-refractivity contribution in [1.82, 2.24) is 9.55 Å². The van der Waals surface area contributed by atoms with Crippen molar-refractivity contribution in [3.05, 3.63) is 58.7 Å². The fourth-order valence-electron chi connectivity index (χ4n) is 2.37. The highest BCUT2D eigenvalue weighted by Gasteiger charge is 2.16. The molecule has 0 aliphatic rings. The van der Waals surface area contributed by atoms with Crippen LogP contribution in [0, 0.1) is 0 Å². The van der Waals surface area contributed by atoms with Crippen molar-refractivity contribution in [3.63, 3.8) is 0 Å². The van der Waals surface area contributed by atoms with Crippen LogP contribution in [0.2, 0.25) is 0 Å². The number of thiophene rings is 1. The van der Waals surface area contributed by atoms with E-state index < -0.39 is 0 Å². The second kappa shape index (κ2) is 6.50. The Hall–Kier alpha value is -1.85. The highest BCUT2D eigenvalue weighted by Crippen LogP contribution is 2.31. The number of fused-ring (bicyclic) bond motifs is 1. The molecule has 112 valence electrons. The minimum atomic E-state index is 0.0148. The Labute approximate surface area is 137 Å². The first-order valence-electron chi connectivity index (χ1n) is 7.07. The van der Waals surface area contributed by atoms with Crippen LogP contribution in [-0.2, 0) is 6.54 Å². The molecule has 0 N–H and O–H groups in total. The molecule has 0 saturated heterocycles. The molecule has 5 heteroatoms. The van der Waals surface area contributed by atoms with E-state index in [1.54, 1.807) is 22.4 Å². The van der Waals surface area contributed by atoms with Crippen molar-refractivity contribution in [2.45, 2.75) is 18.6 Å². The fourth-order valence-corrected chi connectivity index (χ4v) is 4.09. The molecule has 0 spiro atoms. The Morgan fingerprint density at radius 3 is 2.82 bits per heavy atom. The molecule has 0 atom stereocenters. The van der Waals surface area contributed by atoms with E-state index >= 15 is 0 Å². The summed E-state index contributed by atoms with van der Waals surface area (Å²) < 4.78 is 1.71. The van der Waals surface area contributed by atoms with Gasteiger partial charge >= 0.3 is 0 Å². The minimum Gasteiger partial charge on any atom is -0.283 e. The van der Waals surface area contributed by atoms with E-state index in [0.717, 1.165) is 26.9 Å². The smallest absolute Gasteiger partial charge is 0.263 e. The molecular formula is C17H16N2OS2. The molecule has 0 unspecified atom stereocenters. The molecule has 0 saturated carbocycles. The van der Waals surface area contributed by atoms with E-state index in [1.807, 2.05) is 35.7 Å². The van der Waals surface area contributed by atoms with Crippen molar-refractivity contribution in [1.29, 1.82) is 0 Å². The first-order chi connectivity index (χ1) is 10.8. The number of nitrogens with zero attached hydrogens (tertiary/aromatic N) is 2. The average Bonchev–Trinajstić information content (AvgIpc) is 2.96. The van der Waals surface area contributed by atoms with Crippen LogP contribution in [0.5, 0.6) is 0 Å². The second-order valence-corrected chi connectivity index (χ2v) is 6.82. The minimum absolute atomic E-state index is 0.0148. The van der Waals surface area contributed by atoms with Gasteiger partial charge in [0, 0.05) is 17.5 Å². The van der Waals surface area contributed by atoms with E-state index in [9.17, 15) is 4.79 Å². The monoisotopic (exact) mass is 328 g/mol. The van der Waals surface area contributed by atoms with Crippen LogP contribution in [0.15, 0.2) is 58.3 Å². The van der Waals surface area contributed by atoms with Gasteiger partial charge in [0.05, 0.1) is 5.39 Å². The topological polar surface area (TPSA) is 34.9 Å². The summed E-state index contributed by atoms with van der Waals surface area (Å²) in [6.07, 6.45) is 1.74. The first kappa shape index (κ1) is 15.1. The number of aromatic nitrogens is 2. The fraction of sp³-hybridized carbons (Fsp3) is 0.176. The number of benzene rings is 1. The van der Waals surface area contributed by atoms with E-state index in [2.05, 4.69) is 18.5 Å². The molecule has 1 aromatic carbocycles. The lowest BCUT2D eigenvalue weighted by Crippen LogP contribution is -2.22. The maximum atomic E-state index is 12.9. The van der Waals surface area contributed by atoms with Gasteiger partial charge in [-0.25, -0.2) is 4.98 Å². The van der Waals surface area contributed by atoms with Crippen molar-refractivity contribution in [2.24, 2.45) is 0 Å². The van der Waals surface area contributed by atoms with Gasteiger partial charge in [0.15, 0.2) is 5.16 Å². The Kier molecular flexibility index (Phi) is 4.45. The Bertz CT molecular complexity index is 865. The lowest BCUT2D eigenvalue weighted by molar-refractivity contribution is 0.673. The van der Waals surface area contributed by atoms with Crippen LogP contribution >= 0.6 is 23.1 Å². The molecular weight excluding hydrogens is 312 g/mol. The zero-order chi connectivity index (χ0) is 15.5. The van der Waals surface area contributed by atoms with Crippen molar-refractivity contribution in [3.8, 4) is 11.1 Å². The molecule has 3 rings (SSSR count). The van der Waals surface area contributed by atoms with Crippen LogP contribution in [0.1, 0.15) is 6.92 Å². The number of hydrogen-bond acceptors (Lipinski definition) is 4. The van der Waals surface area contributed by atoms with Gasteiger partial charge in [-0.2, -0.15) is 0 Å². The molecule has 0 bridgehead atoms. The second-order valence-electron chi connectivity index (χ2n) is 4.73. The normalized spacial score (nSPS) is 11.0. The molecule has 3 nitrogen and oxygen atoms in total. The largest absolute Gasteiger partial charge is 0.283 e. The quantitative estimate of drug-likeness (QED) is 0.395. The van der Waals surface area contributed by atoms with Crippen LogP contribution in [0.25, 0.3) is 21.3 Å². The van der Waals surface area contributed by atoms with Crippen LogP contribution in [0.3, 0.4) is 0 Å². The molecule has 2 heterocycles. The summed E-state index contributed by atoms with van der Waals surface area (Å²) in [5, 5.41) is 3.49. The summed E-state index contributed by atoms with van der Waals surface area (Å²) in [6.45, 7) is 6.29. The third-order valence-electron chi connectivity index (χ3n) is 3.33. The summed E-state index contributed by atoms with van der Waals surface area (Å²) in [6, 6.07) is 9.98. The van der Waals surface area contributed by atoms with Crippen LogP contribution in [0.4, 0.5) is 0 Å². The van der Waals surface area contributed by atoms with Gasteiger partial charge in [0.25, 0.3) is 5.56 Å². The van der Waals surface area contributed by atoms with Gasteiger partial charge < -0.3 is 0 Å². The highest BCUT2D eigenvalue weighted by atomic mass is 32.2. The zero-order valence-corrected chi connectivity index (χ0v) is 13.9. The molecule has 0 aliphatic carbocycles. The predicted molar refractivity (Wildman–Crippen MR) is 95.9 cm³/mol. The Morgan fingerprint density at radius 2 is 2.14 bits per heavy atom. The van der Waals surface area contributed by atoms with Gasteiger partial charge in [-0.1, -0.05) is 55.1 Å². The molecule has 0 amide bonds. The lowest BCUT2D eigenvalue weighted by atomic mass is 10.1. The Balaban J connectivity index is 2.29. The van der Waals surface area contributed by atoms with Crippen molar-refractivity contribution in [2.75, 3.05) is 5.75 Å². The third kappa shape index (κ3) is 2.62. The number of hydrogen-bond donors (Lipinski definition) is 0.